The molecule has 0 aliphatic carbocycles. The van der Waals surface area contributed by atoms with Crippen molar-refractivity contribution < 1.29 is 40.2 Å². The quantitative estimate of drug-likeness (QED) is 0.237. The number of hydrogen-bond acceptors (Lipinski definition) is 8. The smallest absolute Gasteiger partial charge is 0.335 e. The lowest BCUT2D eigenvalue weighted by atomic mass is 9.83. The molecular formula is C24H28Cl2N2O8. The molecule has 2 aromatic carbocycles. The molecule has 0 saturated heterocycles. The van der Waals surface area contributed by atoms with Gasteiger partial charge in [0.1, 0.15) is 18.3 Å². The van der Waals surface area contributed by atoms with Crippen LogP contribution in [0.25, 0.3) is 0 Å². The first kappa shape index (κ1) is 28.3. The fourth-order valence-corrected chi connectivity index (χ4v) is 4.79. The highest BCUT2D eigenvalue weighted by Gasteiger charge is 2.31. The van der Waals surface area contributed by atoms with E-state index in [0.29, 0.717) is 28.7 Å². The number of aromatic carboxylic acids is 1. The number of hydrogen-bond donors (Lipinski definition) is 7. The minimum atomic E-state index is -1.85. The molecule has 0 radical (unpaired) electrons. The maximum Gasteiger partial charge on any atom is 0.335 e. The Kier molecular flexibility index (Phi) is 9.31. The zero-order valence-electron chi connectivity index (χ0n) is 19.3. The summed E-state index contributed by atoms with van der Waals surface area (Å²) in [5.74, 6) is -2.30. The summed E-state index contributed by atoms with van der Waals surface area (Å²) in [6.45, 7) is -0.255. The van der Waals surface area contributed by atoms with Crippen LogP contribution in [0.2, 0.25) is 10.0 Å². The Morgan fingerprint density at radius 3 is 2.31 bits per heavy atom. The van der Waals surface area contributed by atoms with Crippen LogP contribution in [0.1, 0.15) is 43.3 Å². The van der Waals surface area contributed by atoms with Crippen LogP contribution in [0.3, 0.4) is 0 Å². The minimum absolute atomic E-state index is 0.00503. The second-order valence-corrected chi connectivity index (χ2v) is 9.71. The molecule has 0 saturated carbocycles. The molecule has 1 aliphatic heterocycles. The molecule has 7 N–H and O–H groups in total. The number of carbonyl (C=O) groups excluding carboxylic acids is 1. The SMILES string of the molecule is CN1Cc2c(Cl)cc(Cl)cc2C(c2cc(C(=O)O)cc(C(=O)NC[C@H](O)C(O)C(O)[C@H](O)CO)c2)C1. The Labute approximate surface area is 217 Å². The van der Waals surface area contributed by atoms with E-state index < -0.39 is 49.4 Å². The van der Waals surface area contributed by atoms with Crippen molar-refractivity contribution in [2.75, 3.05) is 26.7 Å². The third kappa shape index (κ3) is 6.34. The van der Waals surface area contributed by atoms with Crippen LogP contribution >= 0.6 is 23.2 Å². The number of fused-ring (bicyclic) bond motifs is 1. The Morgan fingerprint density at radius 1 is 1.03 bits per heavy atom. The highest BCUT2D eigenvalue weighted by Crippen LogP contribution is 2.39. The maximum absolute atomic E-state index is 12.9. The number of nitrogens with zero attached hydrogens (tertiary/aromatic N) is 1. The van der Waals surface area contributed by atoms with Crippen molar-refractivity contribution in [3.05, 3.63) is 68.2 Å². The standard InChI is InChI=1S/C24H28Cl2N2O8/c1-28-8-16(15-5-14(25)6-18(26)17(15)9-28)11-2-12(4-13(3-11)24(35)36)23(34)27-7-19(30)21(32)22(33)20(31)10-29/h2-6,16,19-22,29-33H,7-10H2,1H3,(H,27,34)(H,35,36)/t16?,19-,20+,21?,22?/m0/s1. The maximum atomic E-state index is 12.9. The predicted molar refractivity (Wildman–Crippen MR) is 131 cm³/mol. The molecule has 3 rings (SSSR count). The van der Waals surface area contributed by atoms with Crippen LogP contribution < -0.4 is 5.32 Å². The largest absolute Gasteiger partial charge is 0.478 e. The van der Waals surface area contributed by atoms with Gasteiger partial charge in [0.05, 0.1) is 18.3 Å². The average Bonchev–Trinajstić information content (AvgIpc) is 2.85. The molecule has 1 aliphatic rings. The highest BCUT2D eigenvalue weighted by molar-refractivity contribution is 6.35. The van der Waals surface area contributed by atoms with E-state index in [1.807, 2.05) is 11.9 Å². The molecule has 1 amide bonds. The molecule has 2 aromatic rings. The number of aliphatic hydroxyl groups is 5. The molecule has 0 aromatic heterocycles. The molecule has 5 atom stereocenters. The highest BCUT2D eigenvalue weighted by atomic mass is 35.5. The van der Waals surface area contributed by atoms with Crippen LogP contribution in [0, 0.1) is 0 Å². The van der Waals surface area contributed by atoms with Crippen molar-refractivity contribution in [3.63, 3.8) is 0 Å². The number of aliphatic hydroxyl groups excluding tert-OH is 5. The average molecular weight is 543 g/mol. The summed E-state index contributed by atoms with van der Waals surface area (Å²) < 4.78 is 0. The molecular weight excluding hydrogens is 515 g/mol. The van der Waals surface area contributed by atoms with Crippen LogP contribution in [-0.2, 0) is 6.54 Å². The van der Waals surface area contributed by atoms with Gasteiger partial charge in [-0.1, -0.05) is 23.2 Å². The van der Waals surface area contributed by atoms with E-state index in [2.05, 4.69) is 5.32 Å². The van der Waals surface area contributed by atoms with Gasteiger partial charge < -0.3 is 40.9 Å². The Bertz CT molecular complexity index is 1130. The van der Waals surface area contributed by atoms with Gasteiger partial charge in [0, 0.05) is 41.2 Å². The second kappa shape index (κ2) is 11.8. The van der Waals surface area contributed by atoms with E-state index in [9.17, 15) is 35.1 Å². The van der Waals surface area contributed by atoms with Crippen LogP contribution in [0.15, 0.2) is 30.3 Å². The van der Waals surface area contributed by atoms with Crippen LogP contribution in [0.4, 0.5) is 0 Å². The number of likely N-dealkylation sites (N-methyl/N-ethyl adjacent to an activating group) is 1. The third-order valence-corrected chi connectivity index (χ3v) is 6.71. The molecule has 3 unspecified atom stereocenters. The molecule has 0 fully saturated rings. The minimum Gasteiger partial charge on any atom is -0.478 e. The number of carboxylic acid groups (broad SMARTS) is 1. The first-order valence-electron chi connectivity index (χ1n) is 11.1. The van der Waals surface area contributed by atoms with Gasteiger partial charge in [0.2, 0.25) is 0 Å². The van der Waals surface area contributed by atoms with E-state index in [1.165, 1.54) is 18.2 Å². The summed E-state index contributed by atoms with van der Waals surface area (Å²) in [5.41, 5.74) is 2.11. The van der Waals surface area contributed by atoms with E-state index in [-0.39, 0.29) is 17.0 Å². The van der Waals surface area contributed by atoms with Gasteiger partial charge in [-0.25, -0.2) is 4.79 Å². The molecule has 12 heteroatoms. The molecule has 36 heavy (non-hydrogen) atoms. The van der Waals surface area contributed by atoms with Gasteiger partial charge in [-0.3, -0.25) is 4.79 Å². The fourth-order valence-electron chi connectivity index (χ4n) is 4.22. The summed E-state index contributed by atoms with van der Waals surface area (Å²) in [7, 11) is 1.89. The van der Waals surface area contributed by atoms with E-state index in [1.54, 1.807) is 12.1 Å². The Morgan fingerprint density at radius 2 is 1.67 bits per heavy atom. The van der Waals surface area contributed by atoms with Crippen molar-refractivity contribution >= 4 is 35.1 Å². The van der Waals surface area contributed by atoms with E-state index >= 15 is 0 Å². The van der Waals surface area contributed by atoms with Crippen molar-refractivity contribution in [1.82, 2.24) is 10.2 Å². The lowest BCUT2D eigenvalue weighted by Gasteiger charge is -2.33. The summed E-state index contributed by atoms with van der Waals surface area (Å²) >= 11 is 12.6. The number of carbonyl (C=O) groups is 2. The zero-order chi connectivity index (χ0) is 26.7. The van der Waals surface area contributed by atoms with Gasteiger partial charge in [0.25, 0.3) is 5.91 Å². The van der Waals surface area contributed by atoms with Crippen molar-refractivity contribution in [1.29, 1.82) is 0 Å². The normalized spacial score (nSPS) is 19.2. The molecule has 196 valence electrons. The monoisotopic (exact) mass is 542 g/mol. The third-order valence-electron chi connectivity index (χ3n) is 6.16. The zero-order valence-corrected chi connectivity index (χ0v) is 20.8. The Balaban J connectivity index is 1.89. The van der Waals surface area contributed by atoms with E-state index in [4.69, 9.17) is 28.3 Å². The summed E-state index contributed by atoms with van der Waals surface area (Å²) in [6.07, 6.45) is -7.04. The van der Waals surface area contributed by atoms with Gasteiger partial charge in [-0.2, -0.15) is 0 Å². The first-order chi connectivity index (χ1) is 16.9. The summed E-state index contributed by atoms with van der Waals surface area (Å²) in [6, 6.07) is 7.62. The number of carboxylic acids is 1. The van der Waals surface area contributed by atoms with Crippen molar-refractivity contribution in [3.8, 4) is 0 Å². The van der Waals surface area contributed by atoms with Crippen molar-refractivity contribution in [2.24, 2.45) is 0 Å². The number of halogens is 2. The lowest BCUT2D eigenvalue weighted by molar-refractivity contribution is -0.113. The first-order valence-corrected chi connectivity index (χ1v) is 11.8. The van der Waals surface area contributed by atoms with Gasteiger partial charge >= 0.3 is 5.97 Å². The topological polar surface area (TPSA) is 171 Å². The summed E-state index contributed by atoms with van der Waals surface area (Å²) in [5, 5.41) is 61.0. The van der Waals surface area contributed by atoms with Gasteiger partial charge in [-0.15, -0.1) is 0 Å². The van der Waals surface area contributed by atoms with Crippen LogP contribution in [-0.4, -0.2) is 98.6 Å². The summed E-state index contributed by atoms with van der Waals surface area (Å²) in [4.78, 5) is 26.7. The predicted octanol–water partition coefficient (Wildman–Crippen LogP) is 0.435. The van der Waals surface area contributed by atoms with Gasteiger partial charge in [0.15, 0.2) is 0 Å². The number of nitrogens with one attached hydrogen (secondary N) is 1. The number of benzene rings is 2. The molecule has 0 bridgehead atoms. The lowest BCUT2D eigenvalue weighted by Crippen LogP contribution is -2.49. The second-order valence-electron chi connectivity index (χ2n) is 8.86. The molecule has 1 heterocycles. The van der Waals surface area contributed by atoms with E-state index in [0.717, 1.165) is 11.1 Å². The number of amides is 1. The fraction of sp³-hybridized carbons (Fsp3) is 0.417. The van der Waals surface area contributed by atoms with Crippen molar-refractivity contribution in [2.45, 2.75) is 36.9 Å². The molecule has 0 spiro atoms. The Hall–Kier alpha value is -2.28. The number of rotatable bonds is 9. The molecule has 10 nitrogen and oxygen atoms in total. The van der Waals surface area contributed by atoms with Gasteiger partial charge in [-0.05, 0) is 54.1 Å². The van der Waals surface area contributed by atoms with Crippen LogP contribution in [0.5, 0.6) is 0 Å².